The highest BCUT2D eigenvalue weighted by molar-refractivity contribution is 5.78. The zero-order valence-corrected chi connectivity index (χ0v) is 10.7. The van der Waals surface area contributed by atoms with E-state index in [2.05, 4.69) is 22.7 Å². The van der Waals surface area contributed by atoms with Crippen LogP contribution < -0.4 is 10.6 Å². The van der Waals surface area contributed by atoms with Gasteiger partial charge in [0.2, 0.25) is 5.91 Å². The van der Waals surface area contributed by atoms with Crippen molar-refractivity contribution in [1.29, 1.82) is 0 Å². The van der Waals surface area contributed by atoms with Gasteiger partial charge in [0, 0.05) is 18.7 Å². The third-order valence-corrected chi connectivity index (χ3v) is 2.40. The molecule has 0 aliphatic rings. The SMILES string of the molecule is CCCC(C)NC(=O)CNCc1cc(C)on1. The number of carbonyl (C=O) groups excluding carboxylic acids is 1. The van der Waals surface area contributed by atoms with Crippen molar-refractivity contribution in [2.24, 2.45) is 0 Å². The Kier molecular flexibility index (Phi) is 5.69. The second-order valence-electron chi connectivity index (χ2n) is 4.29. The molecule has 5 nitrogen and oxygen atoms in total. The summed E-state index contributed by atoms with van der Waals surface area (Å²) < 4.78 is 4.93. The van der Waals surface area contributed by atoms with Crippen LogP contribution in [0.1, 0.15) is 38.1 Å². The van der Waals surface area contributed by atoms with Crippen LogP contribution in [0.5, 0.6) is 0 Å². The second-order valence-corrected chi connectivity index (χ2v) is 4.29. The minimum Gasteiger partial charge on any atom is -0.361 e. The van der Waals surface area contributed by atoms with Crippen LogP contribution >= 0.6 is 0 Å². The Morgan fingerprint density at radius 1 is 1.59 bits per heavy atom. The summed E-state index contributed by atoms with van der Waals surface area (Å²) >= 11 is 0. The van der Waals surface area contributed by atoms with Crippen LogP contribution in [0.4, 0.5) is 0 Å². The minimum atomic E-state index is 0.0196. The maximum Gasteiger partial charge on any atom is 0.234 e. The van der Waals surface area contributed by atoms with Gasteiger partial charge in [0.25, 0.3) is 0 Å². The second kappa shape index (κ2) is 7.06. The summed E-state index contributed by atoms with van der Waals surface area (Å²) in [6.07, 6.45) is 2.08. The van der Waals surface area contributed by atoms with E-state index in [1.54, 1.807) is 0 Å². The summed E-state index contributed by atoms with van der Waals surface area (Å²) in [6.45, 7) is 6.82. The average Bonchev–Trinajstić information content (AvgIpc) is 2.64. The van der Waals surface area contributed by atoms with Gasteiger partial charge in [-0.3, -0.25) is 4.79 Å². The third-order valence-electron chi connectivity index (χ3n) is 2.40. The van der Waals surface area contributed by atoms with Crippen molar-refractivity contribution in [3.63, 3.8) is 0 Å². The van der Waals surface area contributed by atoms with Crippen LogP contribution in [0.25, 0.3) is 0 Å². The highest BCUT2D eigenvalue weighted by atomic mass is 16.5. The molecule has 0 saturated carbocycles. The molecule has 1 rings (SSSR count). The highest BCUT2D eigenvalue weighted by Crippen LogP contribution is 2.00. The highest BCUT2D eigenvalue weighted by Gasteiger charge is 2.06. The van der Waals surface area contributed by atoms with Crippen LogP contribution in [0.15, 0.2) is 10.6 Å². The number of aromatic nitrogens is 1. The molecular formula is C12H21N3O2. The van der Waals surface area contributed by atoms with Crippen LogP contribution in [-0.4, -0.2) is 23.7 Å². The van der Waals surface area contributed by atoms with Gasteiger partial charge in [-0.2, -0.15) is 0 Å². The first kappa shape index (κ1) is 13.7. The molecule has 0 fully saturated rings. The fraction of sp³-hybridized carbons (Fsp3) is 0.667. The van der Waals surface area contributed by atoms with E-state index >= 15 is 0 Å². The molecule has 1 amide bonds. The summed E-state index contributed by atoms with van der Waals surface area (Å²) in [7, 11) is 0. The van der Waals surface area contributed by atoms with E-state index in [0.717, 1.165) is 24.3 Å². The van der Waals surface area contributed by atoms with Gasteiger partial charge in [-0.25, -0.2) is 0 Å². The number of rotatable bonds is 7. The maximum absolute atomic E-state index is 11.5. The van der Waals surface area contributed by atoms with Gasteiger partial charge in [0.1, 0.15) is 5.76 Å². The standard InChI is InChI=1S/C12H21N3O2/c1-4-5-9(2)14-12(16)8-13-7-11-6-10(3)17-15-11/h6,9,13H,4-5,7-8H2,1-3H3,(H,14,16). The van der Waals surface area contributed by atoms with E-state index in [1.807, 2.05) is 19.9 Å². The predicted octanol–water partition coefficient (Wildman–Crippen LogP) is 1.38. The molecule has 0 aliphatic heterocycles. The first-order valence-corrected chi connectivity index (χ1v) is 6.04. The Balaban J connectivity index is 2.16. The van der Waals surface area contributed by atoms with E-state index in [1.165, 1.54) is 0 Å². The van der Waals surface area contributed by atoms with Crippen LogP contribution in [0.3, 0.4) is 0 Å². The molecular weight excluding hydrogens is 218 g/mol. The number of carbonyl (C=O) groups is 1. The Morgan fingerprint density at radius 2 is 2.35 bits per heavy atom. The van der Waals surface area contributed by atoms with Crippen molar-refractivity contribution in [1.82, 2.24) is 15.8 Å². The average molecular weight is 239 g/mol. The molecule has 0 radical (unpaired) electrons. The number of hydrogen-bond acceptors (Lipinski definition) is 4. The molecule has 1 heterocycles. The van der Waals surface area contributed by atoms with Crippen LogP contribution in [0.2, 0.25) is 0 Å². The van der Waals surface area contributed by atoms with E-state index in [-0.39, 0.29) is 11.9 Å². The molecule has 0 spiro atoms. The van der Waals surface area contributed by atoms with E-state index < -0.39 is 0 Å². The number of nitrogens with zero attached hydrogens (tertiary/aromatic N) is 1. The van der Waals surface area contributed by atoms with Gasteiger partial charge in [-0.1, -0.05) is 18.5 Å². The molecule has 17 heavy (non-hydrogen) atoms. The zero-order chi connectivity index (χ0) is 12.7. The van der Waals surface area contributed by atoms with Crippen molar-refractivity contribution in [2.75, 3.05) is 6.54 Å². The van der Waals surface area contributed by atoms with Crippen LogP contribution in [-0.2, 0) is 11.3 Å². The lowest BCUT2D eigenvalue weighted by Crippen LogP contribution is -2.38. The van der Waals surface area contributed by atoms with Gasteiger partial charge < -0.3 is 15.2 Å². The Bertz CT molecular complexity index is 349. The summed E-state index contributed by atoms with van der Waals surface area (Å²) in [6, 6.07) is 2.09. The van der Waals surface area contributed by atoms with Crippen molar-refractivity contribution >= 4 is 5.91 Å². The summed E-state index contributed by atoms with van der Waals surface area (Å²) in [4.78, 5) is 11.5. The molecule has 2 N–H and O–H groups in total. The fourth-order valence-electron chi connectivity index (χ4n) is 1.64. The van der Waals surface area contributed by atoms with Crippen molar-refractivity contribution < 1.29 is 9.32 Å². The molecule has 5 heteroatoms. The molecule has 0 bridgehead atoms. The molecule has 0 aliphatic carbocycles. The molecule has 1 unspecified atom stereocenters. The summed E-state index contributed by atoms with van der Waals surface area (Å²) in [5.41, 5.74) is 0.817. The lowest BCUT2D eigenvalue weighted by atomic mass is 10.2. The van der Waals surface area contributed by atoms with E-state index in [0.29, 0.717) is 13.1 Å². The van der Waals surface area contributed by atoms with Gasteiger partial charge in [-0.15, -0.1) is 0 Å². The largest absolute Gasteiger partial charge is 0.361 e. The van der Waals surface area contributed by atoms with Crippen molar-refractivity contribution in [3.05, 3.63) is 17.5 Å². The monoisotopic (exact) mass is 239 g/mol. The topological polar surface area (TPSA) is 67.2 Å². The zero-order valence-electron chi connectivity index (χ0n) is 10.7. The number of amides is 1. The van der Waals surface area contributed by atoms with E-state index in [9.17, 15) is 4.79 Å². The molecule has 1 atom stereocenters. The fourth-order valence-corrected chi connectivity index (χ4v) is 1.64. The Labute approximate surface area is 102 Å². The Morgan fingerprint density at radius 3 is 2.94 bits per heavy atom. The minimum absolute atomic E-state index is 0.0196. The smallest absolute Gasteiger partial charge is 0.234 e. The quantitative estimate of drug-likeness (QED) is 0.754. The lowest BCUT2D eigenvalue weighted by molar-refractivity contribution is -0.120. The number of nitrogens with one attached hydrogen (secondary N) is 2. The first-order chi connectivity index (χ1) is 8.11. The molecule has 96 valence electrons. The first-order valence-electron chi connectivity index (χ1n) is 6.04. The van der Waals surface area contributed by atoms with Gasteiger partial charge in [0.05, 0.1) is 12.2 Å². The lowest BCUT2D eigenvalue weighted by Gasteiger charge is -2.12. The van der Waals surface area contributed by atoms with Gasteiger partial charge in [-0.05, 0) is 20.3 Å². The molecule has 0 saturated heterocycles. The predicted molar refractivity (Wildman–Crippen MR) is 65.5 cm³/mol. The van der Waals surface area contributed by atoms with Crippen molar-refractivity contribution in [2.45, 2.75) is 46.2 Å². The van der Waals surface area contributed by atoms with E-state index in [4.69, 9.17) is 4.52 Å². The third kappa shape index (κ3) is 5.49. The maximum atomic E-state index is 11.5. The normalized spacial score (nSPS) is 12.4. The Hall–Kier alpha value is -1.36. The number of hydrogen-bond donors (Lipinski definition) is 2. The van der Waals surface area contributed by atoms with Gasteiger partial charge in [0.15, 0.2) is 0 Å². The number of aryl methyl sites for hydroxylation is 1. The summed E-state index contributed by atoms with van der Waals surface area (Å²) in [5.74, 6) is 0.800. The van der Waals surface area contributed by atoms with Crippen LogP contribution in [0, 0.1) is 6.92 Å². The van der Waals surface area contributed by atoms with Gasteiger partial charge >= 0.3 is 0 Å². The van der Waals surface area contributed by atoms with Crippen molar-refractivity contribution in [3.8, 4) is 0 Å². The summed E-state index contributed by atoms with van der Waals surface area (Å²) in [5, 5.41) is 9.79. The molecule has 1 aromatic heterocycles. The molecule has 1 aromatic rings. The molecule has 0 aromatic carbocycles.